The van der Waals surface area contributed by atoms with E-state index >= 15 is 0 Å². The summed E-state index contributed by atoms with van der Waals surface area (Å²) in [7, 11) is 0. The quantitative estimate of drug-likeness (QED) is 0.842. The maximum absolute atomic E-state index is 13.0. The highest BCUT2D eigenvalue weighted by molar-refractivity contribution is 5.95. The highest BCUT2D eigenvalue weighted by atomic mass is 16.2. The number of carbonyl (C=O) groups excluding carboxylic acids is 1. The van der Waals surface area contributed by atoms with Crippen LogP contribution in [-0.4, -0.2) is 34.9 Å². The minimum absolute atomic E-state index is 0.141. The number of pyridine rings is 1. The Labute approximate surface area is 144 Å². The zero-order valence-electron chi connectivity index (χ0n) is 14.4. The second-order valence-electron chi connectivity index (χ2n) is 6.60. The zero-order valence-corrected chi connectivity index (χ0v) is 14.4. The second kappa shape index (κ2) is 7.58. The molecule has 0 radical (unpaired) electrons. The molecule has 24 heavy (non-hydrogen) atoms. The van der Waals surface area contributed by atoms with Crippen LogP contribution < -0.4 is 4.90 Å². The van der Waals surface area contributed by atoms with Crippen LogP contribution in [0, 0.1) is 0 Å². The van der Waals surface area contributed by atoms with Gasteiger partial charge in [0.2, 0.25) is 5.91 Å². The summed E-state index contributed by atoms with van der Waals surface area (Å²) < 4.78 is 0. The lowest BCUT2D eigenvalue weighted by atomic mass is 10.1. The molecule has 0 saturated carbocycles. The number of benzene rings is 1. The normalized spacial score (nSPS) is 18.0. The van der Waals surface area contributed by atoms with Gasteiger partial charge in [-0.3, -0.25) is 14.7 Å². The van der Waals surface area contributed by atoms with Crippen molar-refractivity contribution in [1.82, 2.24) is 9.88 Å². The minimum Gasteiger partial charge on any atom is -0.309 e. The first-order valence-corrected chi connectivity index (χ1v) is 8.68. The Balaban J connectivity index is 1.75. The summed E-state index contributed by atoms with van der Waals surface area (Å²) in [5.41, 5.74) is 2.23. The van der Waals surface area contributed by atoms with Crippen LogP contribution in [0.25, 0.3) is 0 Å². The van der Waals surface area contributed by atoms with Gasteiger partial charge in [0.25, 0.3) is 0 Å². The Morgan fingerprint density at radius 2 is 1.92 bits per heavy atom. The molecule has 0 aliphatic carbocycles. The van der Waals surface area contributed by atoms with Crippen LogP contribution in [-0.2, 0) is 4.79 Å². The number of amides is 1. The summed E-state index contributed by atoms with van der Waals surface area (Å²) in [6.07, 6.45) is 5.90. The molecule has 1 aliphatic heterocycles. The van der Waals surface area contributed by atoms with Gasteiger partial charge in [0.1, 0.15) is 0 Å². The van der Waals surface area contributed by atoms with Gasteiger partial charge in [-0.1, -0.05) is 18.2 Å². The van der Waals surface area contributed by atoms with Gasteiger partial charge in [0, 0.05) is 30.2 Å². The third-order valence-corrected chi connectivity index (χ3v) is 4.61. The number of para-hydroxylation sites is 1. The number of likely N-dealkylation sites (tertiary alicyclic amines) is 1. The number of anilines is 1. The van der Waals surface area contributed by atoms with E-state index in [-0.39, 0.29) is 11.9 Å². The van der Waals surface area contributed by atoms with Gasteiger partial charge in [-0.15, -0.1) is 0 Å². The number of carbonyl (C=O) groups is 1. The monoisotopic (exact) mass is 323 g/mol. The van der Waals surface area contributed by atoms with Crippen molar-refractivity contribution in [2.24, 2.45) is 0 Å². The maximum atomic E-state index is 13.0. The first-order valence-electron chi connectivity index (χ1n) is 8.68. The van der Waals surface area contributed by atoms with Gasteiger partial charge in [-0.05, 0) is 63.1 Å². The topological polar surface area (TPSA) is 36.4 Å². The average molecular weight is 323 g/mol. The Morgan fingerprint density at radius 1 is 1.21 bits per heavy atom. The zero-order chi connectivity index (χ0) is 16.9. The second-order valence-corrected chi connectivity index (χ2v) is 6.60. The summed E-state index contributed by atoms with van der Waals surface area (Å²) in [6.45, 7) is 5.56. The van der Waals surface area contributed by atoms with Crippen molar-refractivity contribution in [3.63, 3.8) is 0 Å². The highest BCUT2D eigenvalue weighted by Gasteiger charge is 2.30. The maximum Gasteiger partial charge on any atom is 0.241 e. The number of rotatable bonds is 5. The summed E-state index contributed by atoms with van der Waals surface area (Å²) in [5.74, 6) is 0.164. The fourth-order valence-corrected chi connectivity index (χ4v) is 3.55. The van der Waals surface area contributed by atoms with Gasteiger partial charge in [0.15, 0.2) is 0 Å². The number of hydrogen-bond donors (Lipinski definition) is 0. The largest absolute Gasteiger partial charge is 0.309 e. The molecule has 1 amide bonds. The van der Waals surface area contributed by atoms with Gasteiger partial charge in [0.05, 0.1) is 6.54 Å². The molecule has 0 bridgehead atoms. The predicted molar refractivity (Wildman–Crippen MR) is 96.8 cm³/mol. The van der Waals surface area contributed by atoms with Gasteiger partial charge in [-0.25, -0.2) is 0 Å². The molecule has 1 aromatic carbocycles. The molecule has 126 valence electrons. The highest BCUT2D eigenvalue weighted by Crippen LogP contribution is 2.31. The Bertz CT molecular complexity index is 657. The molecule has 3 rings (SSSR count). The van der Waals surface area contributed by atoms with Crippen LogP contribution in [0.15, 0.2) is 54.9 Å². The summed E-state index contributed by atoms with van der Waals surface area (Å²) in [4.78, 5) is 21.3. The third-order valence-electron chi connectivity index (χ3n) is 4.61. The van der Waals surface area contributed by atoms with Crippen molar-refractivity contribution in [2.75, 3.05) is 18.0 Å². The number of hydrogen-bond acceptors (Lipinski definition) is 3. The molecule has 1 aliphatic rings. The lowest BCUT2D eigenvalue weighted by molar-refractivity contribution is -0.120. The molecular weight excluding hydrogens is 298 g/mol. The van der Waals surface area contributed by atoms with Crippen molar-refractivity contribution in [3.8, 4) is 0 Å². The van der Waals surface area contributed by atoms with Crippen molar-refractivity contribution in [3.05, 3.63) is 60.4 Å². The molecule has 4 heteroatoms. The van der Waals surface area contributed by atoms with E-state index in [0.29, 0.717) is 12.6 Å². The summed E-state index contributed by atoms with van der Waals surface area (Å²) in [6, 6.07) is 14.5. The smallest absolute Gasteiger partial charge is 0.241 e. The van der Waals surface area contributed by atoms with Crippen molar-refractivity contribution >= 4 is 11.6 Å². The van der Waals surface area contributed by atoms with E-state index < -0.39 is 0 Å². The Kier molecular flexibility index (Phi) is 5.26. The lowest BCUT2D eigenvalue weighted by Crippen LogP contribution is -2.43. The molecule has 1 atom stereocenters. The van der Waals surface area contributed by atoms with Gasteiger partial charge >= 0.3 is 0 Å². The SMILES string of the molecule is CC(C)N(C(=O)CN1CCC[C@@H]1c1ccncc1)c1ccccc1. The van der Waals surface area contributed by atoms with E-state index in [2.05, 4.69) is 35.9 Å². The van der Waals surface area contributed by atoms with Crippen molar-refractivity contribution < 1.29 is 4.79 Å². The standard InChI is InChI=1S/C20H25N3O/c1-16(2)23(18-7-4-3-5-8-18)20(24)15-22-14-6-9-19(22)17-10-12-21-13-11-17/h3-5,7-8,10-13,16,19H,6,9,14-15H2,1-2H3/t19-/m1/s1. The van der Waals surface area contributed by atoms with Crippen molar-refractivity contribution in [1.29, 1.82) is 0 Å². The number of nitrogens with zero attached hydrogens (tertiary/aromatic N) is 3. The van der Waals surface area contributed by atoms with Crippen LogP contribution in [0.4, 0.5) is 5.69 Å². The third kappa shape index (κ3) is 3.65. The number of aromatic nitrogens is 1. The molecular formula is C20H25N3O. The Hall–Kier alpha value is -2.20. The van der Waals surface area contributed by atoms with Crippen LogP contribution in [0.5, 0.6) is 0 Å². The fraction of sp³-hybridized carbons (Fsp3) is 0.400. The first kappa shape index (κ1) is 16.7. The molecule has 1 saturated heterocycles. The van der Waals surface area contributed by atoms with E-state index in [1.54, 1.807) is 0 Å². The van der Waals surface area contributed by atoms with Crippen LogP contribution >= 0.6 is 0 Å². The molecule has 4 nitrogen and oxygen atoms in total. The van der Waals surface area contributed by atoms with Gasteiger partial charge in [-0.2, -0.15) is 0 Å². The summed E-state index contributed by atoms with van der Waals surface area (Å²) in [5, 5.41) is 0. The minimum atomic E-state index is 0.141. The fourth-order valence-electron chi connectivity index (χ4n) is 3.55. The van der Waals surface area contributed by atoms with E-state index in [0.717, 1.165) is 25.1 Å². The Morgan fingerprint density at radius 3 is 2.58 bits per heavy atom. The molecule has 0 unspecified atom stereocenters. The van der Waals surface area contributed by atoms with E-state index in [4.69, 9.17) is 0 Å². The molecule has 2 heterocycles. The van der Waals surface area contributed by atoms with Crippen molar-refractivity contribution in [2.45, 2.75) is 38.8 Å². The van der Waals surface area contributed by atoms with Crippen LogP contribution in [0.1, 0.15) is 38.3 Å². The van der Waals surface area contributed by atoms with Gasteiger partial charge < -0.3 is 4.90 Å². The van der Waals surface area contributed by atoms with E-state index in [1.165, 1.54) is 5.56 Å². The summed E-state index contributed by atoms with van der Waals surface area (Å²) >= 11 is 0. The molecule has 1 aromatic heterocycles. The molecule has 2 aromatic rings. The first-order chi connectivity index (χ1) is 11.7. The predicted octanol–water partition coefficient (Wildman–Crippen LogP) is 3.66. The van der Waals surface area contributed by atoms with Crippen LogP contribution in [0.3, 0.4) is 0 Å². The molecule has 0 spiro atoms. The lowest BCUT2D eigenvalue weighted by Gasteiger charge is -2.31. The van der Waals surface area contributed by atoms with E-state index in [1.807, 2.05) is 47.6 Å². The average Bonchev–Trinajstić information content (AvgIpc) is 3.04. The molecule has 1 fully saturated rings. The van der Waals surface area contributed by atoms with Crippen LogP contribution in [0.2, 0.25) is 0 Å². The van der Waals surface area contributed by atoms with E-state index in [9.17, 15) is 4.79 Å². The molecule has 0 N–H and O–H groups in total.